The molecule has 0 bridgehead atoms. The number of carbonyl (C=O) groups excluding carboxylic acids is 3. The number of ether oxygens (including phenoxy) is 2. The van der Waals surface area contributed by atoms with Gasteiger partial charge in [0.2, 0.25) is 0 Å². The predicted molar refractivity (Wildman–Crippen MR) is 118 cm³/mol. The molecule has 1 unspecified atom stereocenters. The number of likely N-dealkylation sites (tertiary alicyclic amines) is 2. The number of amides is 2. The van der Waals surface area contributed by atoms with Gasteiger partial charge in [0.15, 0.2) is 5.78 Å². The Kier molecular flexibility index (Phi) is 16.1. The van der Waals surface area contributed by atoms with Crippen molar-refractivity contribution in [2.75, 3.05) is 26.2 Å². The second-order valence-corrected chi connectivity index (χ2v) is 9.02. The summed E-state index contributed by atoms with van der Waals surface area (Å²) >= 11 is 0. The van der Waals surface area contributed by atoms with Crippen LogP contribution in [0.4, 0.5) is 9.59 Å². The number of hydrogen-bond acceptors (Lipinski definition) is 6. The molecule has 0 radical (unpaired) electrons. The zero-order valence-corrected chi connectivity index (χ0v) is 22.9. The molecule has 0 spiro atoms. The van der Waals surface area contributed by atoms with Gasteiger partial charge in [-0.25, -0.2) is 9.59 Å². The van der Waals surface area contributed by atoms with E-state index in [1.165, 1.54) is 9.80 Å². The molecule has 0 aromatic heterocycles. The van der Waals surface area contributed by atoms with E-state index in [-0.39, 0.29) is 58.9 Å². The molecule has 2 saturated heterocycles. The number of carbonyl (C=O) groups is 3. The molecule has 2 rings (SSSR count). The molecule has 10 heteroatoms. The summed E-state index contributed by atoms with van der Waals surface area (Å²) in [7, 11) is 0. The van der Waals surface area contributed by atoms with Gasteiger partial charge in [-0.3, -0.25) is 4.79 Å². The number of ketones is 1. The van der Waals surface area contributed by atoms with Crippen LogP contribution in [0.3, 0.4) is 0 Å². The minimum Gasteiger partial charge on any atom is -1.00 e. The Balaban J connectivity index is -0.000000464. The maximum atomic E-state index is 11.6. The molecule has 2 aliphatic heterocycles. The van der Waals surface area contributed by atoms with E-state index < -0.39 is 29.0 Å². The molecule has 0 aromatic carbocycles. The van der Waals surface area contributed by atoms with Gasteiger partial charge < -0.3 is 54.2 Å². The molecule has 0 aromatic rings. The predicted octanol–water partition coefficient (Wildman–Crippen LogP) is -0.983. The molecular weight excluding hydrogens is 492 g/mol. The van der Waals surface area contributed by atoms with Crippen LogP contribution >= 0.6 is 0 Å². The summed E-state index contributed by atoms with van der Waals surface area (Å²) < 4.78 is 10.3. The molecule has 0 saturated carbocycles. The van der Waals surface area contributed by atoms with Crippen molar-refractivity contribution in [2.45, 2.75) is 71.2 Å². The van der Waals surface area contributed by atoms with Crippen LogP contribution in [0.1, 0.15) is 54.4 Å². The molecule has 32 heavy (non-hydrogen) atoms. The van der Waals surface area contributed by atoms with E-state index in [0.29, 0.717) is 25.9 Å². The molecular formula is C22H33BrMgN2O6. The summed E-state index contributed by atoms with van der Waals surface area (Å²) in [4.78, 5) is 36.7. The fraction of sp³-hybridized carbons (Fsp3) is 0.682. The quantitative estimate of drug-likeness (QED) is 0.248. The summed E-state index contributed by atoms with van der Waals surface area (Å²) in [6.45, 7) is 12.1. The molecule has 2 fully saturated rings. The maximum absolute atomic E-state index is 11.6. The van der Waals surface area contributed by atoms with Crippen LogP contribution in [0.25, 0.3) is 0 Å². The number of rotatable bonds is 0. The fourth-order valence-corrected chi connectivity index (χ4v) is 2.51. The first-order valence-corrected chi connectivity index (χ1v) is 9.61. The van der Waals surface area contributed by atoms with Crippen molar-refractivity contribution in [2.24, 2.45) is 0 Å². The van der Waals surface area contributed by atoms with E-state index in [1.807, 2.05) is 20.8 Å². The molecule has 2 amide bonds. The van der Waals surface area contributed by atoms with Gasteiger partial charge in [-0.15, -0.1) is 6.42 Å². The van der Waals surface area contributed by atoms with Gasteiger partial charge in [-0.05, 0) is 41.5 Å². The van der Waals surface area contributed by atoms with Gasteiger partial charge in [0.1, 0.15) is 16.8 Å². The first-order valence-electron chi connectivity index (χ1n) is 9.61. The van der Waals surface area contributed by atoms with E-state index >= 15 is 0 Å². The Morgan fingerprint density at radius 2 is 1.47 bits per heavy atom. The molecule has 2 aliphatic rings. The molecule has 2 heterocycles. The van der Waals surface area contributed by atoms with Crippen molar-refractivity contribution in [3.63, 3.8) is 0 Å². The smallest absolute Gasteiger partial charge is 1.00 e. The van der Waals surface area contributed by atoms with Crippen LogP contribution < -0.4 is 17.0 Å². The summed E-state index contributed by atoms with van der Waals surface area (Å²) in [5, 5.41) is 9.73. The minimum atomic E-state index is -1.18. The van der Waals surface area contributed by atoms with Crippen LogP contribution in [-0.4, -0.2) is 98.9 Å². The Morgan fingerprint density at radius 1 is 1.03 bits per heavy atom. The number of hydrogen-bond donors (Lipinski definition) is 1. The van der Waals surface area contributed by atoms with Crippen molar-refractivity contribution < 1.29 is 45.9 Å². The van der Waals surface area contributed by atoms with Crippen molar-refractivity contribution in [3.05, 3.63) is 6.42 Å². The summed E-state index contributed by atoms with van der Waals surface area (Å²) in [6, 6.07) is 0. The zero-order valence-electron chi connectivity index (χ0n) is 19.9. The average molecular weight is 526 g/mol. The molecule has 8 nitrogen and oxygen atoms in total. The first kappa shape index (κ1) is 35.1. The number of nitrogens with zero attached hydrogens (tertiary/aromatic N) is 2. The monoisotopic (exact) mass is 524 g/mol. The Hall–Kier alpha value is -1.46. The Labute approximate surface area is 218 Å². The van der Waals surface area contributed by atoms with Gasteiger partial charge in [-0.1, -0.05) is 5.92 Å². The van der Waals surface area contributed by atoms with E-state index in [9.17, 15) is 19.5 Å². The maximum Gasteiger partial charge on any atom is 2.00 e. The molecule has 176 valence electrons. The summed E-state index contributed by atoms with van der Waals surface area (Å²) in [5.74, 6) is 2.40. The van der Waals surface area contributed by atoms with Gasteiger partial charge in [0, 0.05) is 25.9 Å². The number of halogens is 1. The van der Waals surface area contributed by atoms with Crippen molar-refractivity contribution in [1.82, 2.24) is 9.80 Å². The first-order chi connectivity index (χ1) is 13.6. The Bertz CT molecular complexity index is 693. The van der Waals surface area contributed by atoms with Gasteiger partial charge >= 0.3 is 35.2 Å². The second-order valence-electron chi connectivity index (χ2n) is 9.02. The van der Waals surface area contributed by atoms with E-state index in [1.54, 1.807) is 20.8 Å². The van der Waals surface area contributed by atoms with Crippen LogP contribution in [-0.2, 0) is 14.3 Å². The number of β-amino-alcohol motifs (C(OH)–C–C–N with tert-alkyl or cyclic N) is 1. The van der Waals surface area contributed by atoms with Crippen LogP contribution in [0.15, 0.2) is 0 Å². The third kappa shape index (κ3) is 13.8. The zero-order chi connectivity index (χ0) is 23.8. The number of aliphatic hydroxyl groups is 1. The SMILES string of the molecule is C#CC1(O)CCN(C(=O)OC(C)(C)C)C1.CC(C)(C)OC(=O)N1CCC(=O)C1.[Br-].[C-]#C.[Mg+2]. The second kappa shape index (κ2) is 14.6. The van der Waals surface area contributed by atoms with Gasteiger partial charge in [0.25, 0.3) is 0 Å². The van der Waals surface area contributed by atoms with Gasteiger partial charge in [-0.2, -0.15) is 0 Å². The number of terminal acetylenes is 2. The minimum absolute atomic E-state index is 0. The standard InChI is InChI=1S/C11H17NO3.C9H15NO3.C2H.BrH.Mg/c1-5-11(14)6-7-12(8-11)9(13)15-10(2,3)4;1-9(2,3)13-8(12)10-5-4-7(11)6-10;1-2;;/h1,14H,6-8H2,2-4H3;4-6H2,1-3H3;1H;1H;/q;;-1;;+2/p-1. The molecule has 1 atom stereocenters. The average Bonchev–Trinajstić information content (AvgIpc) is 3.21. The third-order valence-electron chi connectivity index (χ3n) is 3.85. The topological polar surface area (TPSA) is 96.4 Å². The van der Waals surface area contributed by atoms with Gasteiger partial charge in [0.05, 0.1) is 13.1 Å². The van der Waals surface area contributed by atoms with Crippen LogP contribution in [0.2, 0.25) is 0 Å². The number of Topliss-reactive ketones (excluding diaryl/α,β-unsaturated/α-hetero) is 1. The molecule has 1 N–H and O–H groups in total. The summed E-state index contributed by atoms with van der Waals surface area (Å²) in [6.07, 6.45) is 14.2. The van der Waals surface area contributed by atoms with Crippen LogP contribution in [0.5, 0.6) is 0 Å². The summed E-state index contributed by atoms with van der Waals surface area (Å²) in [5.41, 5.74) is -2.19. The van der Waals surface area contributed by atoms with E-state index in [2.05, 4.69) is 12.3 Å². The van der Waals surface area contributed by atoms with Crippen LogP contribution in [0, 0.1) is 25.2 Å². The van der Waals surface area contributed by atoms with Crippen molar-refractivity contribution in [3.8, 4) is 18.8 Å². The largest absolute Gasteiger partial charge is 2.00 e. The fourth-order valence-electron chi connectivity index (χ4n) is 2.51. The molecule has 0 aliphatic carbocycles. The van der Waals surface area contributed by atoms with E-state index in [0.717, 1.165) is 0 Å². The Morgan fingerprint density at radius 3 is 1.78 bits per heavy atom. The third-order valence-corrected chi connectivity index (χ3v) is 3.85. The van der Waals surface area contributed by atoms with Crippen molar-refractivity contribution in [1.29, 1.82) is 0 Å². The normalized spacial score (nSPS) is 19.6. The van der Waals surface area contributed by atoms with E-state index in [4.69, 9.17) is 22.3 Å². The van der Waals surface area contributed by atoms with Crippen molar-refractivity contribution >= 4 is 41.0 Å².